The van der Waals surface area contributed by atoms with Gasteiger partial charge in [-0.3, -0.25) is 0 Å². The van der Waals surface area contributed by atoms with Crippen LogP contribution in [0.2, 0.25) is 5.02 Å². The van der Waals surface area contributed by atoms with Crippen LogP contribution < -0.4 is 0 Å². The molecular formula is C9H7ClO. The van der Waals surface area contributed by atoms with E-state index in [1.165, 1.54) is 0 Å². The summed E-state index contributed by atoms with van der Waals surface area (Å²) in [6.07, 6.45) is 4.18. The summed E-state index contributed by atoms with van der Waals surface area (Å²) in [5.41, 5.74) is 0.692. The van der Waals surface area contributed by atoms with Gasteiger partial charge in [0.25, 0.3) is 0 Å². The lowest BCUT2D eigenvalue weighted by Gasteiger charge is -2.01. The molecule has 0 amide bonds. The monoisotopic (exact) mass is 166 g/mol. The minimum atomic E-state index is -0.827. The third kappa shape index (κ3) is 1.98. The number of halogens is 1. The van der Waals surface area contributed by atoms with Crippen molar-refractivity contribution in [3.05, 3.63) is 34.9 Å². The fraction of sp³-hybridized carbons (Fsp3) is 0.111. The predicted octanol–water partition coefficient (Wildman–Crippen LogP) is 2.01. The summed E-state index contributed by atoms with van der Waals surface area (Å²) in [4.78, 5) is 0. The van der Waals surface area contributed by atoms with Crippen molar-refractivity contribution in [1.29, 1.82) is 0 Å². The van der Waals surface area contributed by atoms with Crippen LogP contribution in [0.15, 0.2) is 24.3 Å². The van der Waals surface area contributed by atoms with Gasteiger partial charge in [0.05, 0.1) is 0 Å². The van der Waals surface area contributed by atoms with Gasteiger partial charge in [-0.2, -0.15) is 0 Å². The van der Waals surface area contributed by atoms with Crippen molar-refractivity contribution in [1.82, 2.24) is 0 Å². The number of aliphatic hydroxyl groups excluding tert-OH is 1. The first-order chi connectivity index (χ1) is 5.24. The lowest BCUT2D eigenvalue weighted by atomic mass is 10.1. The van der Waals surface area contributed by atoms with Gasteiger partial charge in [0.2, 0.25) is 0 Å². The quantitative estimate of drug-likeness (QED) is 0.633. The molecule has 0 unspecified atom stereocenters. The smallest absolute Gasteiger partial charge is 0.139 e. The maximum Gasteiger partial charge on any atom is 0.139 e. The lowest BCUT2D eigenvalue weighted by Crippen LogP contribution is -1.91. The van der Waals surface area contributed by atoms with Crippen molar-refractivity contribution in [3.63, 3.8) is 0 Å². The van der Waals surface area contributed by atoms with Gasteiger partial charge >= 0.3 is 0 Å². The highest BCUT2D eigenvalue weighted by Gasteiger charge is 2.00. The molecule has 1 nitrogen and oxygen atoms in total. The van der Waals surface area contributed by atoms with Crippen molar-refractivity contribution in [2.24, 2.45) is 0 Å². The summed E-state index contributed by atoms with van der Waals surface area (Å²) in [6, 6.07) is 6.79. The molecule has 0 aliphatic rings. The first-order valence-electron chi connectivity index (χ1n) is 3.13. The zero-order valence-corrected chi connectivity index (χ0v) is 6.55. The second-order valence-electron chi connectivity index (χ2n) is 2.12. The fourth-order valence-electron chi connectivity index (χ4n) is 0.741. The molecular weight excluding hydrogens is 160 g/mol. The first-order valence-corrected chi connectivity index (χ1v) is 3.51. The fourth-order valence-corrected chi connectivity index (χ4v) is 0.867. The topological polar surface area (TPSA) is 20.2 Å². The molecule has 0 heterocycles. The lowest BCUT2D eigenvalue weighted by molar-refractivity contribution is 0.238. The van der Waals surface area contributed by atoms with Crippen LogP contribution in [0, 0.1) is 12.3 Å². The zero-order valence-electron chi connectivity index (χ0n) is 5.79. The van der Waals surface area contributed by atoms with Crippen LogP contribution in [-0.4, -0.2) is 5.11 Å². The van der Waals surface area contributed by atoms with Crippen molar-refractivity contribution >= 4 is 11.6 Å². The van der Waals surface area contributed by atoms with Gasteiger partial charge in [0, 0.05) is 5.02 Å². The molecule has 1 aromatic carbocycles. The molecule has 1 N–H and O–H groups in total. The van der Waals surface area contributed by atoms with Crippen LogP contribution in [-0.2, 0) is 0 Å². The standard InChI is InChI=1S/C9H7ClO/c1-2-9(11)7-3-5-8(10)6-4-7/h1,3-6,9,11H/t9-/m1/s1. The predicted molar refractivity (Wildman–Crippen MR) is 45.2 cm³/mol. The molecule has 0 saturated carbocycles. The Balaban J connectivity index is 2.92. The first kappa shape index (κ1) is 8.13. The maximum atomic E-state index is 9.14. The van der Waals surface area contributed by atoms with Gasteiger partial charge < -0.3 is 5.11 Å². The molecule has 0 aliphatic heterocycles. The average Bonchev–Trinajstić information content (AvgIpc) is 2.05. The van der Waals surface area contributed by atoms with Gasteiger partial charge in [0.1, 0.15) is 6.10 Å². The SMILES string of the molecule is C#C[C@@H](O)c1ccc(Cl)cc1. The van der Waals surface area contributed by atoms with E-state index in [2.05, 4.69) is 5.92 Å². The molecule has 0 radical (unpaired) electrons. The van der Waals surface area contributed by atoms with Gasteiger partial charge in [-0.25, -0.2) is 0 Å². The minimum absolute atomic E-state index is 0.637. The molecule has 0 saturated heterocycles. The largest absolute Gasteiger partial charge is 0.376 e. The van der Waals surface area contributed by atoms with Crippen molar-refractivity contribution in [2.75, 3.05) is 0 Å². The molecule has 0 aliphatic carbocycles. The van der Waals surface area contributed by atoms with Crippen LogP contribution in [0.4, 0.5) is 0 Å². The van der Waals surface area contributed by atoms with E-state index in [1.54, 1.807) is 24.3 Å². The number of aliphatic hydroxyl groups is 1. The van der Waals surface area contributed by atoms with Gasteiger partial charge in [-0.15, -0.1) is 6.42 Å². The second kappa shape index (κ2) is 3.43. The highest BCUT2D eigenvalue weighted by Crippen LogP contribution is 2.15. The Hall–Kier alpha value is -0.970. The van der Waals surface area contributed by atoms with Gasteiger partial charge in [0.15, 0.2) is 0 Å². The molecule has 0 bridgehead atoms. The molecule has 0 spiro atoms. The summed E-state index contributed by atoms with van der Waals surface area (Å²) in [7, 11) is 0. The number of hydrogen-bond donors (Lipinski definition) is 1. The minimum Gasteiger partial charge on any atom is -0.376 e. The Bertz CT molecular complexity index is 271. The molecule has 1 aromatic rings. The molecule has 2 heteroatoms. The summed E-state index contributed by atoms with van der Waals surface area (Å²) in [6.45, 7) is 0. The molecule has 1 atom stereocenters. The van der Waals surface area contributed by atoms with E-state index in [-0.39, 0.29) is 0 Å². The van der Waals surface area contributed by atoms with Crippen LogP contribution >= 0.6 is 11.6 Å². The molecule has 0 fully saturated rings. The van der Waals surface area contributed by atoms with E-state index in [9.17, 15) is 0 Å². The third-order valence-corrected chi connectivity index (χ3v) is 1.60. The van der Waals surface area contributed by atoms with Crippen LogP contribution in [0.3, 0.4) is 0 Å². The van der Waals surface area contributed by atoms with Gasteiger partial charge in [-0.05, 0) is 17.7 Å². The van der Waals surface area contributed by atoms with E-state index in [0.717, 1.165) is 0 Å². The molecule has 0 aromatic heterocycles. The van der Waals surface area contributed by atoms with E-state index in [1.807, 2.05) is 0 Å². The highest BCUT2D eigenvalue weighted by atomic mass is 35.5. The van der Waals surface area contributed by atoms with Crippen molar-refractivity contribution in [2.45, 2.75) is 6.10 Å². The maximum absolute atomic E-state index is 9.14. The summed E-state index contributed by atoms with van der Waals surface area (Å²) in [5, 5.41) is 9.78. The van der Waals surface area contributed by atoms with Crippen molar-refractivity contribution in [3.8, 4) is 12.3 Å². The Morgan fingerprint density at radius 2 is 1.91 bits per heavy atom. The number of rotatable bonds is 1. The third-order valence-electron chi connectivity index (χ3n) is 1.34. The van der Waals surface area contributed by atoms with E-state index in [4.69, 9.17) is 23.1 Å². The Kier molecular flexibility index (Phi) is 2.53. The van der Waals surface area contributed by atoms with Crippen LogP contribution in [0.5, 0.6) is 0 Å². The van der Waals surface area contributed by atoms with Crippen LogP contribution in [0.25, 0.3) is 0 Å². The summed E-state index contributed by atoms with van der Waals surface area (Å²) in [5.74, 6) is 2.21. The van der Waals surface area contributed by atoms with Crippen LogP contribution in [0.1, 0.15) is 11.7 Å². The normalized spacial score (nSPS) is 12.1. The van der Waals surface area contributed by atoms with E-state index in [0.29, 0.717) is 10.6 Å². The second-order valence-corrected chi connectivity index (χ2v) is 2.56. The Labute approximate surface area is 70.6 Å². The molecule has 11 heavy (non-hydrogen) atoms. The Morgan fingerprint density at radius 3 is 2.36 bits per heavy atom. The van der Waals surface area contributed by atoms with Crippen molar-refractivity contribution < 1.29 is 5.11 Å². The van der Waals surface area contributed by atoms with Gasteiger partial charge in [-0.1, -0.05) is 29.7 Å². The van der Waals surface area contributed by atoms with E-state index >= 15 is 0 Å². The average molecular weight is 167 g/mol. The zero-order chi connectivity index (χ0) is 8.27. The summed E-state index contributed by atoms with van der Waals surface area (Å²) < 4.78 is 0. The summed E-state index contributed by atoms with van der Waals surface area (Å²) >= 11 is 5.63. The number of hydrogen-bond acceptors (Lipinski definition) is 1. The number of terminal acetylenes is 1. The Morgan fingerprint density at radius 1 is 1.36 bits per heavy atom. The highest BCUT2D eigenvalue weighted by molar-refractivity contribution is 6.30. The molecule has 1 rings (SSSR count). The molecule has 56 valence electrons. The number of benzene rings is 1. The van der Waals surface area contributed by atoms with E-state index < -0.39 is 6.10 Å².